The Morgan fingerprint density at radius 1 is 1.45 bits per heavy atom. The summed E-state index contributed by atoms with van der Waals surface area (Å²) in [5, 5.41) is 11.7. The van der Waals surface area contributed by atoms with Gasteiger partial charge in [0.25, 0.3) is 0 Å². The summed E-state index contributed by atoms with van der Waals surface area (Å²) in [6.07, 6.45) is 1.84. The van der Waals surface area contributed by atoms with Crippen LogP contribution in [0.25, 0.3) is 0 Å². The highest BCUT2D eigenvalue weighted by Crippen LogP contribution is 2.38. The number of aromatic carboxylic acids is 1. The van der Waals surface area contributed by atoms with Crippen LogP contribution in [-0.4, -0.2) is 29.6 Å². The van der Waals surface area contributed by atoms with Crippen molar-refractivity contribution >= 4 is 17.6 Å². The monoisotopic (exact) mass is 278 g/mol. The van der Waals surface area contributed by atoms with Gasteiger partial charge in [-0.05, 0) is 37.8 Å². The topological polar surface area (TPSA) is 102 Å². The molecule has 0 heterocycles. The lowest BCUT2D eigenvalue weighted by molar-refractivity contribution is -0.121. The van der Waals surface area contributed by atoms with Gasteiger partial charge in [-0.1, -0.05) is 0 Å². The molecule has 1 unspecified atom stereocenters. The molecule has 1 aromatic rings. The van der Waals surface area contributed by atoms with Crippen LogP contribution < -0.4 is 15.8 Å². The van der Waals surface area contributed by atoms with Crippen molar-refractivity contribution in [1.82, 2.24) is 0 Å². The van der Waals surface area contributed by atoms with E-state index in [1.807, 2.05) is 0 Å². The molecule has 4 N–H and O–H groups in total. The fourth-order valence-electron chi connectivity index (χ4n) is 2.07. The number of ether oxygens (including phenoxy) is 1. The zero-order valence-electron chi connectivity index (χ0n) is 11.5. The van der Waals surface area contributed by atoms with Gasteiger partial charge < -0.3 is 20.9 Å². The first-order chi connectivity index (χ1) is 9.36. The molecule has 1 saturated carbocycles. The summed E-state index contributed by atoms with van der Waals surface area (Å²) in [4.78, 5) is 23.4. The van der Waals surface area contributed by atoms with Crippen molar-refractivity contribution in [2.45, 2.75) is 25.3 Å². The van der Waals surface area contributed by atoms with Crippen molar-refractivity contribution in [3.05, 3.63) is 23.8 Å². The highest BCUT2D eigenvalue weighted by atomic mass is 16.5. The first-order valence-electron chi connectivity index (χ1n) is 6.38. The molecule has 0 saturated heterocycles. The number of nitrogens with one attached hydrogen (secondary N) is 1. The lowest BCUT2D eigenvalue weighted by Crippen LogP contribution is -2.50. The number of anilines is 1. The number of hydrogen-bond donors (Lipinski definition) is 3. The van der Waals surface area contributed by atoms with E-state index >= 15 is 0 Å². The van der Waals surface area contributed by atoms with Gasteiger partial charge in [0.05, 0.1) is 23.9 Å². The summed E-state index contributed by atoms with van der Waals surface area (Å²) in [5.74, 6) is -0.874. The Hall–Kier alpha value is -2.08. The maximum absolute atomic E-state index is 12.2. The number of hydrogen-bond acceptors (Lipinski definition) is 4. The molecule has 2 rings (SSSR count). The fraction of sp³-hybridized carbons (Fsp3) is 0.429. The molecule has 1 atom stereocenters. The molecule has 0 spiro atoms. The van der Waals surface area contributed by atoms with Crippen LogP contribution >= 0.6 is 0 Å². The molecule has 1 amide bonds. The summed E-state index contributed by atoms with van der Waals surface area (Å²) in [7, 11) is 1.47. The number of carbonyl (C=O) groups excluding carboxylic acids is 1. The van der Waals surface area contributed by atoms with Crippen LogP contribution in [0.2, 0.25) is 0 Å². The van der Waals surface area contributed by atoms with Gasteiger partial charge in [-0.25, -0.2) is 4.79 Å². The van der Waals surface area contributed by atoms with E-state index < -0.39 is 11.5 Å². The minimum atomic E-state index is -1.12. The molecule has 6 heteroatoms. The predicted octanol–water partition coefficient (Wildman–Crippen LogP) is 1.46. The molecule has 0 radical (unpaired) electrons. The van der Waals surface area contributed by atoms with E-state index in [9.17, 15) is 9.59 Å². The quantitative estimate of drug-likeness (QED) is 0.756. The molecule has 1 aromatic carbocycles. The molecule has 1 aliphatic carbocycles. The number of benzene rings is 1. The highest BCUT2D eigenvalue weighted by Gasteiger charge is 2.44. The van der Waals surface area contributed by atoms with Crippen LogP contribution in [0, 0.1) is 5.92 Å². The third-order valence-corrected chi connectivity index (χ3v) is 3.62. The Labute approximate surface area is 116 Å². The van der Waals surface area contributed by atoms with Crippen molar-refractivity contribution in [2.24, 2.45) is 11.7 Å². The average molecular weight is 278 g/mol. The first kappa shape index (κ1) is 14.3. The second-order valence-corrected chi connectivity index (χ2v) is 5.23. The maximum Gasteiger partial charge on any atom is 0.337 e. The Morgan fingerprint density at radius 2 is 2.10 bits per heavy atom. The third kappa shape index (κ3) is 2.75. The molecule has 0 bridgehead atoms. The fourth-order valence-corrected chi connectivity index (χ4v) is 2.07. The molecule has 6 nitrogen and oxygen atoms in total. The zero-order valence-corrected chi connectivity index (χ0v) is 11.5. The normalized spacial score (nSPS) is 17.1. The number of carboxylic acids is 1. The van der Waals surface area contributed by atoms with Crippen molar-refractivity contribution < 1.29 is 19.4 Å². The van der Waals surface area contributed by atoms with Gasteiger partial charge in [0, 0.05) is 6.07 Å². The van der Waals surface area contributed by atoms with Crippen LogP contribution in [0.4, 0.5) is 5.69 Å². The van der Waals surface area contributed by atoms with Gasteiger partial charge in [-0.2, -0.15) is 0 Å². The number of rotatable bonds is 5. The van der Waals surface area contributed by atoms with Crippen LogP contribution in [0.5, 0.6) is 5.75 Å². The van der Waals surface area contributed by atoms with Gasteiger partial charge in [0.15, 0.2) is 0 Å². The molecular formula is C14H18N2O4. The molecular weight excluding hydrogens is 260 g/mol. The molecule has 20 heavy (non-hydrogen) atoms. The summed E-state index contributed by atoms with van der Waals surface area (Å²) < 4.78 is 5.04. The summed E-state index contributed by atoms with van der Waals surface area (Å²) in [6.45, 7) is 1.67. The number of nitrogens with two attached hydrogens (primary N) is 1. The van der Waals surface area contributed by atoms with Crippen LogP contribution in [0.15, 0.2) is 18.2 Å². The Morgan fingerprint density at radius 3 is 2.60 bits per heavy atom. The molecule has 0 aliphatic heterocycles. The number of carboxylic acid groups (broad SMARTS) is 1. The van der Waals surface area contributed by atoms with Gasteiger partial charge in [-0.3, -0.25) is 4.79 Å². The first-order valence-corrected chi connectivity index (χ1v) is 6.38. The van der Waals surface area contributed by atoms with E-state index in [0.717, 1.165) is 12.8 Å². The zero-order chi connectivity index (χ0) is 14.9. The van der Waals surface area contributed by atoms with Crippen LogP contribution in [0.1, 0.15) is 30.1 Å². The number of methoxy groups -OCH3 is 1. The SMILES string of the molecule is COc1ccc(C(=O)O)c(NC(=O)C(C)(N)C2CC2)c1. The minimum Gasteiger partial charge on any atom is -0.497 e. The maximum atomic E-state index is 12.2. The van der Waals surface area contributed by atoms with E-state index in [-0.39, 0.29) is 23.1 Å². The summed E-state index contributed by atoms with van der Waals surface area (Å²) >= 11 is 0. The number of carbonyl (C=O) groups is 2. The van der Waals surface area contributed by atoms with Crippen LogP contribution in [-0.2, 0) is 4.79 Å². The Balaban J connectivity index is 2.27. The molecule has 1 aliphatic rings. The standard InChI is InChI=1S/C14H18N2O4/c1-14(15,8-3-4-8)13(19)16-11-7-9(20-2)5-6-10(11)12(17)18/h5-8H,3-4,15H2,1-2H3,(H,16,19)(H,17,18). The molecule has 0 aromatic heterocycles. The van der Waals surface area contributed by atoms with Gasteiger partial charge >= 0.3 is 5.97 Å². The Bertz CT molecular complexity index is 550. The van der Waals surface area contributed by atoms with Gasteiger partial charge in [0.1, 0.15) is 5.75 Å². The minimum absolute atomic E-state index is 0.00532. The van der Waals surface area contributed by atoms with Gasteiger partial charge in [-0.15, -0.1) is 0 Å². The molecule has 108 valence electrons. The van der Waals surface area contributed by atoms with Crippen molar-refractivity contribution in [2.75, 3.05) is 12.4 Å². The summed E-state index contributed by atoms with van der Waals surface area (Å²) in [5.41, 5.74) is 5.23. The van der Waals surface area contributed by atoms with Crippen molar-refractivity contribution in [3.8, 4) is 5.75 Å². The van der Waals surface area contributed by atoms with Crippen molar-refractivity contribution in [1.29, 1.82) is 0 Å². The molecule has 1 fully saturated rings. The lowest BCUT2D eigenvalue weighted by atomic mass is 9.96. The lowest BCUT2D eigenvalue weighted by Gasteiger charge is -2.23. The smallest absolute Gasteiger partial charge is 0.337 e. The van der Waals surface area contributed by atoms with Crippen LogP contribution in [0.3, 0.4) is 0 Å². The van der Waals surface area contributed by atoms with E-state index in [0.29, 0.717) is 5.75 Å². The summed E-state index contributed by atoms with van der Waals surface area (Å²) in [6, 6.07) is 4.40. The van der Waals surface area contributed by atoms with E-state index in [1.165, 1.54) is 25.3 Å². The largest absolute Gasteiger partial charge is 0.497 e. The van der Waals surface area contributed by atoms with E-state index in [1.54, 1.807) is 6.92 Å². The van der Waals surface area contributed by atoms with E-state index in [2.05, 4.69) is 5.32 Å². The van der Waals surface area contributed by atoms with Gasteiger partial charge in [0.2, 0.25) is 5.91 Å². The highest BCUT2D eigenvalue weighted by molar-refractivity contribution is 6.04. The Kier molecular flexibility index (Phi) is 3.67. The average Bonchev–Trinajstić information content (AvgIpc) is 3.22. The second-order valence-electron chi connectivity index (χ2n) is 5.23. The van der Waals surface area contributed by atoms with E-state index in [4.69, 9.17) is 15.6 Å². The second kappa shape index (κ2) is 5.13. The third-order valence-electron chi connectivity index (χ3n) is 3.62. The number of amides is 1. The van der Waals surface area contributed by atoms with Crippen molar-refractivity contribution in [3.63, 3.8) is 0 Å². The predicted molar refractivity (Wildman–Crippen MR) is 73.9 cm³/mol.